The maximum absolute atomic E-state index is 14.1. The van der Waals surface area contributed by atoms with Gasteiger partial charge in [0.15, 0.2) is 5.65 Å². The maximum Gasteiger partial charge on any atom is 0.258 e. The van der Waals surface area contributed by atoms with Crippen LogP contribution in [0.3, 0.4) is 0 Å². The molecule has 7 heteroatoms. The Morgan fingerprint density at radius 1 is 1.06 bits per heavy atom. The Morgan fingerprint density at radius 3 is 2.60 bits per heavy atom. The topological polar surface area (TPSA) is 69.5 Å². The predicted octanol–water partition coefficient (Wildman–Crippen LogP) is 4.88. The number of para-hydroxylation sites is 2. The first kappa shape index (κ1) is 22.9. The summed E-state index contributed by atoms with van der Waals surface area (Å²) in [6.45, 7) is 3.99. The molecule has 5 rings (SSSR count). The van der Waals surface area contributed by atoms with E-state index in [2.05, 4.69) is 9.97 Å². The fourth-order valence-electron chi connectivity index (χ4n) is 4.97. The van der Waals surface area contributed by atoms with Gasteiger partial charge in [0.2, 0.25) is 0 Å². The number of hydrogen-bond acceptors (Lipinski definition) is 5. The fourth-order valence-corrected chi connectivity index (χ4v) is 4.97. The van der Waals surface area contributed by atoms with Crippen LogP contribution in [0.2, 0.25) is 0 Å². The lowest BCUT2D eigenvalue weighted by Gasteiger charge is -2.33. The number of amides is 1. The summed E-state index contributed by atoms with van der Waals surface area (Å²) in [4.78, 5) is 25.1. The van der Waals surface area contributed by atoms with Crippen molar-refractivity contribution in [2.75, 3.05) is 26.8 Å². The van der Waals surface area contributed by atoms with Crippen molar-refractivity contribution in [3.8, 4) is 22.8 Å². The average Bonchev–Trinajstić information content (AvgIpc) is 3.20. The quantitative estimate of drug-likeness (QED) is 0.402. The van der Waals surface area contributed by atoms with Gasteiger partial charge in [-0.2, -0.15) is 0 Å². The van der Waals surface area contributed by atoms with Crippen molar-refractivity contribution in [3.63, 3.8) is 0 Å². The number of likely N-dealkylation sites (tertiary alicyclic amines) is 1. The summed E-state index contributed by atoms with van der Waals surface area (Å²) < 4.78 is 13.7. The second-order valence-corrected chi connectivity index (χ2v) is 9.05. The van der Waals surface area contributed by atoms with Crippen LogP contribution in [0.5, 0.6) is 11.5 Å². The zero-order chi connectivity index (χ0) is 24.4. The summed E-state index contributed by atoms with van der Waals surface area (Å²) in [5.74, 6) is 1.84. The predicted molar refractivity (Wildman–Crippen MR) is 136 cm³/mol. The van der Waals surface area contributed by atoms with E-state index in [1.807, 2.05) is 72.0 Å². The van der Waals surface area contributed by atoms with Gasteiger partial charge in [-0.05, 0) is 43.5 Å². The third kappa shape index (κ3) is 4.34. The van der Waals surface area contributed by atoms with Crippen LogP contribution < -0.4 is 9.47 Å². The Kier molecular flexibility index (Phi) is 6.40. The summed E-state index contributed by atoms with van der Waals surface area (Å²) in [5, 5.41) is 0. The van der Waals surface area contributed by atoms with Crippen LogP contribution in [0.25, 0.3) is 22.4 Å². The molecule has 0 radical (unpaired) electrons. The largest absolute Gasteiger partial charge is 0.496 e. The van der Waals surface area contributed by atoms with Crippen molar-refractivity contribution in [2.45, 2.75) is 19.8 Å². The molecule has 0 spiro atoms. The lowest BCUT2D eigenvalue weighted by atomic mass is 9.97. The van der Waals surface area contributed by atoms with Crippen molar-refractivity contribution in [2.24, 2.45) is 13.0 Å². The molecular formula is C28H30N4O3. The van der Waals surface area contributed by atoms with E-state index in [-0.39, 0.29) is 11.8 Å². The van der Waals surface area contributed by atoms with Crippen molar-refractivity contribution in [1.29, 1.82) is 0 Å². The maximum atomic E-state index is 14.1. The lowest BCUT2D eigenvalue weighted by molar-refractivity contribution is 0.0635. The first-order chi connectivity index (χ1) is 17.1. The van der Waals surface area contributed by atoms with E-state index < -0.39 is 0 Å². The fraction of sp³-hybridized carbons (Fsp3) is 0.321. The average molecular weight is 471 g/mol. The molecule has 1 fully saturated rings. The number of nitrogens with zero attached hydrogens (tertiary/aromatic N) is 4. The molecule has 7 nitrogen and oxygen atoms in total. The van der Waals surface area contributed by atoms with Gasteiger partial charge in [0.25, 0.3) is 5.91 Å². The molecule has 0 N–H and O–H groups in total. The number of carbonyl (C=O) groups excluding carboxylic acids is 1. The summed E-state index contributed by atoms with van der Waals surface area (Å²) in [7, 11) is 3.56. The van der Waals surface area contributed by atoms with Crippen molar-refractivity contribution < 1.29 is 14.3 Å². The van der Waals surface area contributed by atoms with Gasteiger partial charge >= 0.3 is 0 Å². The van der Waals surface area contributed by atoms with E-state index in [4.69, 9.17) is 9.47 Å². The minimum Gasteiger partial charge on any atom is -0.496 e. The van der Waals surface area contributed by atoms with E-state index >= 15 is 0 Å². The molecule has 1 amide bonds. The minimum absolute atomic E-state index is 0.0300. The van der Waals surface area contributed by atoms with Gasteiger partial charge in [-0.15, -0.1) is 0 Å². The minimum atomic E-state index is -0.0300. The molecule has 1 aliphatic rings. The van der Waals surface area contributed by atoms with E-state index in [0.29, 0.717) is 42.2 Å². The molecule has 1 unspecified atom stereocenters. The first-order valence-electron chi connectivity index (χ1n) is 12.0. The lowest BCUT2D eigenvalue weighted by Crippen LogP contribution is -2.41. The molecule has 1 atom stereocenters. The van der Waals surface area contributed by atoms with Crippen LogP contribution in [0, 0.1) is 12.8 Å². The molecular weight excluding hydrogens is 440 g/mol. The highest BCUT2D eigenvalue weighted by Gasteiger charge is 2.32. The molecule has 0 saturated carbocycles. The molecule has 1 aliphatic heterocycles. The highest BCUT2D eigenvalue weighted by Crippen LogP contribution is 2.37. The molecule has 0 bridgehead atoms. The van der Waals surface area contributed by atoms with Crippen LogP contribution >= 0.6 is 0 Å². The van der Waals surface area contributed by atoms with Gasteiger partial charge in [-0.25, -0.2) is 4.98 Å². The summed E-state index contributed by atoms with van der Waals surface area (Å²) in [5.41, 5.74) is 4.59. The van der Waals surface area contributed by atoms with Crippen LogP contribution in [-0.4, -0.2) is 52.1 Å². The zero-order valence-corrected chi connectivity index (χ0v) is 20.4. The molecule has 0 aliphatic carbocycles. The number of aromatic nitrogens is 3. The van der Waals surface area contributed by atoms with E-state index in [1.165, 1.54) is 0 Å². The third-order valence-electron chi connectivity index (χ3n) is 6.76. The highest BCUT2D eigenvalue weighted by molar-refractivity contribution is 6.11. The zero-order valence-electron chi connectivity index (χ0n) is 20.4. The van der Waals surface area contributed by atoms with Crippen molar-refractivity contribution in [1.82, 2.24) is 19.4 Å². The Labute approximate surface area is 205 Å². The highest BCUT2D eigenvalue weighted by atomic mass is 16.5. The van der Waals surface area contributed by atoms with Gasteiger partial charge in [0.05, 0.1) is 25.0 Å². The van der Waals surface area contributed by atoms with E-state index in [1.54, 1.807) is 19.5 Å². The van der Waals surface area contributed by atoms with Crippen LogP contribution in [0.1, 0.15) is 28.8 Å². The molecule has 4 aromatic rings. The van der Waals surface area contributed by atoms with Gasteiger partial charge in [-0.1, -0.05) is 30.3 Å². The Morgan fingerprint density at radius 2 is 1.80 bits per heavy atom. The van der Waals surface area contributed by atoms with E-state index in [9.17, 15) is 4.79 Å². The molecule has 35 heavy (non-hydrogen) atoms. The number of piperidine rings is 1. The molecule has 1 saturated heterocycles. The molecule has 3 heterocycles. The number of benzene rings is 2. The number of ether oxygens (including phenoxy) is 2. The van der Waals surface area contributed by atoms with Gasteiger partial charge < -0.3 is 18.9 Å². The second-order valence-electron chi connectivity index (χ2n) is 9.05. The van der Waals surface area contributed by atoms with Gasteiger partial charge in [0, 0.05) is 44.0 Å². The number of carbonyl (C=O) groups is 1. The number of fused-ring (bicyclic) bond motifs is 1. The Hall–Kier alpha value is -3.87. The Bertz CT molecular complexity index is 1360. The Balaban J connectivity index is 1.47. The van der Waals surface area contributed by atoms with Crippen molar-refractivity contribution >= 4 is 17.1 Å². The van der Waals surface area contributed by atoms with Crippen LogP contribution in [0.15, 0.2) is 60.9 Å². The summed E-state index contributed by atoms with van der Waals surface area (Å²) in [6, 6.07) is 15.8. The monoisotopic (exact) mass is 470 g/mol. The number of aryl methyl sites for hydroxylation is 2. The molecule has 180 valence electrons. The van der Waals surface area contributed by atoms with Crippen molar-refractivity contribution in [3.05, 3.63) is 72.1 Å². The van der Waals surface area contributed by atoms with Gasteiger partial charge in [-0.3, -0.25) is 9.78 Å². The molecule has 2 aromatic carbocycles. The number of methoxy groups -OCH3 is 1. The van der Waals surface area contributed by atoms with Gasteiger partial charge in [0.1, 0.15) is 17.0 Å². The molecule has 2 aromatic heterocycles. The second kappa shape index (κ2) is 9.78. The number of rotatable bonds is 6. The normalized spacial score (nSPS) is 15.9. The SMILES string of the molecule is COc1ccccc1-c1c(C(=O)N2CCCC(COc3ccccc3C)C2)c2nccnc2n1C. The third-order valence-corrected chi connectivity index (χ3v) is 6.76. The van der Waals surface area contributed by atoms with Crippen LogP contribution in [0.4, 0.5) is 0 Å². The standard InChI is InChI=1S/C28H30N4O3/c1-19-9-4-6-12-22(19)35-18-20-10-8-16-32(17-20)28(33)24-25-27(30-15-14-29-25)31(2)26(24)21-11-5-7-13-23(21)34-3/h4-7,9,11-15,20H,8,10,16-18H2,1-3H3. The number of hydrogen-bond donors (Lipinski definition) is 0. The smallest absolute Gasteiger partial charge is 0.258 e. The van der Waals surface area contributed by atoms with E-state index in [0.717, 1.165) is 35.4 Å². The summed E-state index contributed by atoms with van der Waals surface area (Å²) in [6.07, 6.45) is 5.26. The van der Waals surface area contributed by atoms with Crippen LogP contribution in [-0.2, 0) is 7.05 Å². The first-order valence-corrected chi connectivity index (χ1v) is 12.0. The summed E-state index contributed by atoms with van der Waals surface area (Å²) >= 11 is 0.